The number of para-hydroxylation sites is 1. The Balaban J connectivity index is 2.01. The fourth-order valence-corrected chi connectivity index (χ4v) is 3.71. The molecule has 0 aliphatic carbocycles. The average molecular weight is 428 g/mol. The molecule has 1 aromatic heterocycles. The van der Waals surface area contributed by atoms with Gasteiger partial charge >= 0.3 is 5.97 Å². The van der Waals surface area contributed by atoms with Gasteiger partial charge in [-0.25, -0.2) is 4.79 Å². The van der Waals surface area contributed by atoms with E-state index < -0.39 is 11.9 Å². The van der Waals surface area contributed by atoms with E-state index in [4.69, 9.17) is 4.74 Å². The zero-order valence-electron chi connectivity index (χ0n) is 18.8. The largest absolute Gasteiger partial charge is 0.465 e. The van der Waals surface area contributed by atoms with Gasteiger partial charge in [0.1, 0.15) is 11.6 Å². The molecule has 0 aliphatic heterocycles. The lowest BCUT2D eigenvalue weighted by molar-refractivity contribution is -0.112. The summed E-state index contributed by atoms with van der Waals surface area (Å²) in [6, 6.07) is 16.8. The molecule has 2 aromatic carbocycles. The molecule has 3 rings (SSSR count). The van der Waals surface area contributed by atoms with Crippen LogP contribution in [0.4, 0.5) is 5.69 Å². The molecule has 0 fully saturated rings. The number of hydrogen-bond acceptors (Lipinski definition) is 4. The van der Waals surface area contributed by atoms with Crippen LogP contribution >= 0.6 is 0 Å². The first-order valence-corrected chi connectivity index (χ1v) is 10.1. The molecule has 162 valence electrons. The van der Waals surface area contributed by atoms with Gasteiger partial charge in [0, 0.05) is 22.8 Å². The number of amides is 1. The average Bonchev–Trinajstić information content (AvgIpc) is 3.06. The summed E-state index contributed by atoms with van der Waals surface area (Å²) in [5, 5.41) is 12.4. The molecule has 1 amide bonds. The molecule has 3 aromatic rings. The van der Waals surface area contributed by atoms with Crippen LogP contribution in [-0.2, 0) is 9.53 Å². The highest BCUT2D eigenvalue weighted by Crippen LogP contribution is 2.27. The maximum atomic E-state index is 12.7. The second-order valence-corrected chi connectivity index (χ2v) is 7.54. The maximum absolute atomic E-state index is 12.7. The van der Waals surface area contributed by atoms with E-state index in [1.807, 2.05) is 68.7 Å². The Kier molecular flexibility index (Phi) is 6.60. The van der Waals surface area contributed by atoms with Crippen LogP contribution in [0.2, 0.25) is 0 Å². The normalized spacial score (nSPS) is 11.1. The van der Waals surface area contributed by atoms with Crippen molar-refractivity contribution in [1.29, 1.82) is 5.26 Å². The molecule has 6 heteroatoms. The molecule has 0 unspecified atom stereocenters. The Bertz CT molecular complexity index is 1280. The van der Waals surface area contributed by atoms with E-state index in [2.05, 4.69) is 5.32 Å². The molecule has 0 radical (unpaired) electrons. The van der Waals surface area contributed by atoms with E-state index in [0.717, 1.165) is 33.8 Å². The van der Waals surface area contributed by atoms with E-state index >= 15 is 0 Å². The van der Waals surface area contributed by atoms with Gasteiger partial charge in [-0.2, -0.15) is 5.26 Å². The van der Waals surface area contributed by atoms with Gasteiger partial charge in [0.2, 0.25) is 0 Å². The van der Waals surface area contributed by atoms with Crippen molar-refractivity contribution < 1.29 is 14.3 Å². The fourth-order valence-electron chi connectivity index (χ4n) is 3.71. The molecule has 0 saturated heterocycles. The van der Waals surface area contributed by atoms with Gasteiger partial charge < -0.3 is 14.6 Å². The summed E-state index contributed by atoms with van der Waals surface area (Å²) in [5.41, 5.74) is 6.22. The van der Waals surface area contributed by atoms with Crippen molar-refractivity contribution >= 4 is 23.6 Å². The van der Waals surface area contributed by atoms with Gasteiger partial charge in [-0.1, -0.05) is 24.3 Å². The number of anilines is 1. The molecule has 1 heterocycles. The van der Waals surface area contributed by atoms with E-state index in [0.29, 0.717) is 11.3 Å². The van der Waals surface area contributed by atoms with Gasteiger partial charge in [0.25, 0.3) is 5.91 Å². The van der Waals surface area contributed by atoms with E-state index in [-0.39, 0.29) is 5.57 Å². The van der Waals surface area contributed by atoms with E-state index in [9.17, 15) is 14.9 Å². The predicted molar refractivity (Wildman–Crippen MR) is 125 cm³/mol. The van der Waals surface area contributed by atoms with Gasteiger partial charge in [-0.15, -0.1) is 0 Å². The number of nitriles is 1. The summed E-state index contributed by atoms with van der Waals surface area (Å²) < 4.78 is 6.89. The van der Waals surface area contributed by atoms with Crippen LogP contribution in [0.1, 0.15) is 38.4 Å². The summed E-state index contributed by atoms with van der Waals surface area (Å²) in [6.07, 6.45) is 1.59. The minimum atomic E-state index is -0.463. The molecular weight excluding hydrogens is 402 g/mol. The quantitative estimate of drug-likeness (QED) is 0.351. The number of nitrogens with zero attached hydrogens (tertiary/aromatic N) is 2. The fraction of sp³-hybridized carbons (Fsp3) is 0.192. The van der Waals surface area contributed by atoms with Crippen molar-refractivity contribution in [2.45, 2.75) is 27.7 Å². The first-order valence-electron chi connectivity index (χ1n) is 10.1. The van der Waals surface area contributed by atoms with Gasteiger partial charge in [-0.05, 0) is 74.7 Å². The number of aryl methyl sites for hydroxylation is 2. The number of aromatic nitrogens is 1. The molecule has 0 bridgehead atoms. The van der Waals surface area contributed by atoms with Crippen LogP contribution in [0.5, 0.6) is 0 Å². The third kappa shape index (κ3) is 4.33. The minimum Gasteiger partial charge on any atom is -0.465 e. The van der Waals surface area contributed by atoms with E-state index in [1.54, 1.807) is 24.3 Å². The number of carbonyl (C=O) groups is 2. The van der Waals surface area contributed by atoms with Crippen molar-refractivity contribution in [3.8, 4) is 11.8 Å². The van der Waals surface area contributed by atoms with Gasteiger partial charge in [0.05, 0.1) is 12.7 Å². The Labute approximate surface area is 187 Å². The smallest absolute Gasteiger partial charge is 0.338 e. The SMILES string of the molecule is COC(=O)c1cccc(-n2c(C)cc(C=C(C#N)C(=O)Nc3ccccc3C)c2C)c1C. The lowest BCUT2D eigenvalue weighted by Crippen LogP contribution is -2.14. The van der Waals surface area contributed by atoms with Gasteiger partial charge in [0.15, 0.2) is 0 Å². The molecule has 0 atom stereocenters. The standard InChI is InChI=1S/C26H25N3O3/c1-16-9-6-7-11-23(16)28-25(30)21(15-27)14-20-13-17(2)29(19(20)4)24-12-8-10-22(18(24)3)26(31)32-5/h6-14H,1-5H3,(H,28,30). The number of hydrogen-bond donors (Lipinski definition) is 1. The van der Waals surface area contributed by atoms with Crippen LogP contribution in [0.3, 0.4) is 0 Å². The number of ether oxygens (including phenoxy) is 1. The molecule has 1 N–H and O–H groups in total. The number of rotatable bonds is 5. The number of benzene rings is 2. The highest BCUT2D eigenvalue weighted by atomic mass is 16.5. The Morgan fingerprint density at radius 3 is 2.44 bits per heavy atom. The van der Waals surface area contributed by atoms with Crippen LogP contribution in [0, 0.1) is 39.0 Å². The third-order valence-corrected chi connectivity index (χ3v) is 5.48. The molecular formula is C26H25N3O3. The predicted octanol–water partition coefficient (Wildman–Crippen LogP) is 5.04. The van der Waals surface area contributed by atoms with Crippen molar-refractivity contribution in [3.63, 3.8) is 0 Å². The first-order chi connectivity index (χ1) is 15.3. The van der Waals surface area contributed by atoms with Crippen LogP contribution in [0.25, 0.3) is 11.8 Å². The monoisotopic (exact) mass is 427 g/mol. The molecule has 32 heavy (non-hydrogen) atoms. The van der Waals surface area contributed by atoms with Crippen LogP contribution < -0.4 is 5.32 Å². The van der Waals surface area contributed by atoms with Crippen molar-refractivity contribution in [1.82, 2.24) is 4.57 Å². The number of methoxy groups -OCH3 is 1. The first kappa shape index (κ1) is 22.6. The molecule has 0 spiro atoms. The van der Waals surface area contributed by atoms with E-state index in [1.165, 1.54) is 7.11 Å². The van der Waals surface area contributed by atoms with Crippen LogP contribution in [-0.4, -0.2) is 23.6 Å². The lowest BCUT2D eigenvalue weighted by atomic mass is 10.1. The summed E-state index contributed by atoms with van der Waals surface area (Å²) in [7, 11) is 1.36. The maximum Gasteiger partial charge on any atom is 0.338 e. The summed E-state index contributed by atoms with van der Waals surface area (Å²) >= 11 is 0. The minimum absolute atomic E-state index is 0.00790. The topological polar surface area (TPSA) is 84.1 Å². The number of esters is 1. The van der Waals surface area contributed by atoms with Gasteiger partial charge in [-0.3, -0.25) is 4.79 Å². The molecule has 0 aliphatic rings. The number of carbonyl (C=O) groups excluding carboxylic acids is 2. The van der Waals surface area contributed by atoms with Crippen molar-refractivity contribution in [3.05, 3.63) is 87.7 Å². The second kappa shape index (κ2) is 9.36. The molecule has 0 saturated carbocycles. The Morgan fingerprint density at radius 1 is 1.06 bits per heavy atom. The Hall–Kier alpha value is -4.11. The zero-order chi connectivity index (χ0) is 23.4. The molecule has 6 nitrogen and oxygen atoms in total. The summed E-state index contributed by atoms with van der Waals surface area (Å²) in [4.78, 5) is 24.8. The van der Waals surface area contributed by atoms with Crippen LogP contribution in [0.15, 0.2) is 54.1 Å². The number of nitrogens with one attached hydrogen (secondary N) is 1. The summed E-state index contributed by atoms with van der Waals surface area (Å²) in [5.74, 6) is -0.859. The van der Waals surface area contributed by atoms with Crippen molar-refractivity contribution in [2.24, 2.45) is 0 Å². The Morgan fingerprint density at radius 2 is 1.78 bits per heavy atom. The highest BCUT2D eigenvalue weighted by Gasteiger charge is 2.18. The second-order valence-electron chi connectivity index (χ2n) is 7.54. The van der Waals surface area contributed by atoms with Crippen molar-refractivity contribution in [2.75, 3.05) is 12.4 Å². The zero-order valence-corrected chi connectivity index (χ0v) is 18.8. The summed E-state index contributed by atoms with van der Waals surface area (Å²) in [6.45, 7) is 7.61. The highest BCUT2D eigenvalue weighted by molar-refractivity contribution is 6.10. The third-order valence-electron chi connectivity index (χ3n) is 5.48. The lowest BCUT2D eigenvalue weighted by Gasteiger charge is -2.15.